The van der Waals surface area contributed by atoms with Crippen molar-refractivity contribution in [3.63, 3.8) is 0 Å². The average molecular weight is 321 g/mol. The topological polar surface area (TPSA) is 9.23 Å². The predicted molar refractivity (Wildman–Crippen MR) is 101 cm³/mol. The average Bonchev–Trinajstić information content (AvgIpc) is 2.71. The van der Waals surface area contributed by atoms with E-state index in [0.29, 0.717) is 17.9 Å². The van der Waals surface area contributed by atoms with E-state index in [2.05, 4.69) is 33.4 Å². The first-order valence-electron chi connectivity index (χ1n) is 10.4. The van der Waals surface area contributed by atoms with E-state index >= 15 is 0 Å². The van der Waals surface area contributed by atoms with Gasteiger partial charge in [-0.25, -0.2) is 0 Å². The molecule has 2 fully saturated rings. The summed E-state index contributed by atoms with van der Waals surface area (Å²) in [4.78, 5) is 0. The van der Waals surface area contributed by atoms with Gasteiger partial charge in [0.2, 0.25) is 0 Å². The summed E-state index contributed by atoms with van der Waals surface area (Å²) in [5.74, 6) is 2.17. The van der Waals surface area contributed by atoms with E-state index in [-0.39, 0.29) is 5.60 Å². The first-order valence-corrected chi connectivity index (χ1v) is 10.4. The van der Waals surface area contributed by atoms with Crippen molar-refractivity contribution >= 4 is 0 Å². The van der Waals surface area contributed by atoms with E-state index in [1.165, 1.54) is 70.6 Å². The van der Waals surface area contributed by atoms with Crippen LogP contribution in [0, 0.1) is 17.8 Å². The molecule has 1 heteroatoms. The minimum atomic E-state index is 0.0813. The van der Waals surface area contributed by atoms with E-state index in [1.54, 1.807) is 0 Å². The van der Waals surface area contributed by atoms with E-state index in [1.807, 2.05) is 0 Å². The lowest BCUT2D eigenvalue weighted by atomic mass is 9.74. The zero-order chi connectivity index (χ0) is 16.7. The Hall–Kier alpha value is -0.300. The summed E-state index contributed by atoms with van der Waals surface area (Å²) in [6.45, 7) is 11.1. The highest BCUT2D eigenvalue weighted by atomic mass is 16.5. The predicted octanol–water partition coefficient (Wildman–Crippen LogP) is 6.91. The molecule has 2 rings (SSSR count). The molecule has 2 aliphatic rings. The molecule has 1 aliphatic carbocycles. The second-order valence-corrected chi connectivity index (χ2v) is 8.66. The summed E-state index contributed by atoms with van der Waals surface area (Å²) in [7, 11) is 0. The Bertz CT molecular complexity index is 350. The zero-order valence-corrected chi connectivity index (χ0v) is 16.0. The van der Waals surface area contributed by atoms with Crippen LogP contribution >= 0.6 is 0 Å². The monoisotopic (exact) mass is 320 g/mol. The Balaban J connectivity index is 2.01. The van der Waals surface area contributed by atoms with Gasteiger partial charge in [0.25, 0.3) is 0 Å². The normalized spacial score (nSPS) is 38.1. The van der Waals surface area contributed by atoms with Crippen molar-refractivity contribution in [2.45, 2.75) is 110 Å². The third-order valence-corrected chi connectivity index (χ3v) is 6.60. The molecule has 0 radical (unpaired) electrons. The molecule has 1 saturated carbocycles. The molecule has 0 N–H and O–H groups in total. The number of hydrogen-bond donors (Lipinski definition) is 0. The Kier molecular flexibility index (Phi) is 7.66. The maximum Gasteiger partial charge on any atom is 0.0690 e. The van der Waals surface area contributed by atoms with Gasteiger partial charge in [-0.15, -0.1) is 6.58 Å². The molecule has 0 aromatic rings. The highest BCUT2D eigenvalue weighted by Crippen LogP contribution is 2.47. The van der Waals surface area contributed by atoms with E-state index < -0.39 is 0 Å². The maximum atomic E-state index is 6.75. The lowest BCUT2D eigenvalue weighted by molar-refractivity contribution is -0.0607. The smallest absolute Gasteiger partial charge is 0.0690 e. The van der Waals surface area contributed by atoms with Crippen LogP contribution in [-0.2, 0) is 4.74 Å². The van der Waals surface area contributed by atoms with Crippen LogP contribution in [0.15, 0.2) is 12.7 Å². The SMILES string of the molecule is C=CCC(C)CC1(C)OC2CCCCCCCCCCC2C1C. The van der Waals surface area contributed by atoms with Crippen LogP contribution in [0.25, 0.3) is 0 Å². The van der Waals surface area contributed by atoms with Crippen LogP contribution < -0.4 is 0 Å². The van der Waals surface area contributed by atoms with Gasteiger partial charge in [-0.3, -0.25) is 0 Å². The molecule has 0 aromatic heterocycles. The second kappa shape index (κ2) is 9.25. The van der Waals surface area contributed by atoms with Gasteiger partial charge in [-0.2, -0.15) is 0 Å². The third kappa shape index (κ3) is 5.34. The van der Waals surface area contributed by atoms with Crippen molar-refractivity contribution in [3.8, 4) is 0 Å². The molecule has 0 bridgehead atoms. The molecule has 0 aromatic carbocycles. The van der Waals surface area contributed by atoms with Crippen molar-refractivity contribution in [2.75, 3.05) is 0 Å². The van der Waals surface area contributed by atoms with Crippen LogP contribution in [0.1, 0.15) is 97.8 Å². The van der Waals surface area contributed by atoms with E-state index in [0.717, 1.165) is 12.3 Å². The van der Waals surface area contributed by atoms with Gasteiger partial charge in [-0.1, -0.05) is 71.3 Å². The number of ether oxygens (including phenoxy) is 1. The molecule has 5 atom stereocenters. The highest BCUT2D eigenvalue weighted by molar-refractivity contribution is 4.97. The lowest BCUT2D eigenvalue weighted by Crippen LogP contribution is -2.33. The van der Waals surface area contributed by atoms with Crippen molar-refractivity contribution in [1.29, 1.82) is 0 Å². The Labute approximate surface area is 145 Å². The Morgan fingerprint density at radius 2 is 1.61 bits per heavy atom. The number of fused-ring (bicyclic) bond motifs is 1. The van der Waals surface area contributed by atoms with E-state index in [4.69, 9.17) is 4.74 Å². The first-order chi connectivity index (χ1) is 11.1. The van der Waals surface area contributed by atoms with E-state index in [9.17, 15) is 0 Å². The maximum absolute atomic E-state index is 6.75. The fourth-order valence-electron chi connectivity index (χ4n) is 5.10. The number of rotatable bonds is 4. The number of allylic oxidation sites excluding steroid dienone is 1. The minimum absolute atomic E-state index is 0.0813. The van der Waals surface area contributed by atoms with Crippen LogP contribution in [0.2, 0.25) is 0 Å². The first kappa shape index (κ1) is 19.0. The summed E-state index contributed by atoms with van der Waals surface area (Å²) in [6.07, 6.45) is 19.0. The summed E-state index contributed by atoms with van der Waals surface area (Å²) >= 11 is 0. The van der Waals surface area contributed by atoms with Gasteiger partial charge in [0.05, 0.1) is 11.7 Å². The van der Waals surface area contributed by atoms with Crippen LogP contribution in [-0.4, -0.2) is 11.7 Å². The molecule has 0 amide bonds. The van der Waals surface area contributed by atoms with Crippen molar-refractivity contribution < 1.29 is 4.74 Å². The summed E-state index contributed by atoms with van der Waals surface area (Å²) in [6, 6.07) is 0. The molecule has 0 spiro atoms. The largest absolute Gasteiger partial charge is 0.371 e. The van der Waals surface area contributed by atoms with Crippen molar-refractivity contribution in [1.82, 2.24) is 0 Å². The third-order valence-electron chi connectivity index (χ3n) is 6.60. The van der Waals surface area contributed by atoms with Crippen molar-refractivity contribution in [2.24, 2.45) is 17.8 Å². The summed E-state index contributed by atoms with van der Waals surface area (Å²) < 4.78 is 6.75. The molecule has 134 valence electrons. The quantitative estimate of drug-likeness (QED) is 0.511. The molecular weight excluding hydrogens is 280 g/mol. The van der Waals surface area contributed by atoms with Gasteiger partial charge >= 0.3 is 0 Å². The second-order valence-electron chi connectivity index (χ2n) is 8.66. The van der Waals surface area contributed by atoms with Gasteiger partial charge in [-0.05, 0) is 50.4 Å². The van der Waals surface area contributed by atoms with Crippen molar-refractivity contribution in [3.05, 3.63) is 12.7 Å². The zero-order valence-electron chi connectivity index (χ0n) is 16.0. The lowest BCUT2D eigenvalue weighted by Gasteiger charge is -2.32. The molecule has 1 aliphatic heterocycles. The fourth-order valence-corrected chi connectivity index (χ4v) is 5.10. The highest BCUT2D eigenvalue weighted by Gasteiger charge is 2.48. The van der Waals surface area contributed by atoms with Crippen LogP contribution in [0.4, 0.5) is 0 Å². The van der Waals surface area contributed by atoms with Gasteiger partial charge in [0.15, 0.2) is 0 Å². The number of hydrogen-bond acceptors (Lipinski definition) is 1. The Morgan fingerprint density at radius 3 is 2.22 bits per heavy atom. The standard InChI is InChI=1S/C22H40O/c1-5-14-18(2)17-22(4)19(3)20-15-12-10-8-6-7-9-11-13-16-21(20)23-22/h5,18-21H,1,6-17H2,2-4H3. The molecular formula is C22H40O. The molecule has 1 nitrogen and oxygen atoms in total. The summed E-state index contributed by atoms with van der Waals surface area (Å²) in [5.41, 5.74) is 0.0813. The molecule has 23 heavy (non-hydrogen) atoms. The summed E-state index contributed by atoms with van der Waals surface area (Å²) in [5, 5.41) is 0. The molecule has 1 saturated heterocycles. The van der Waals surface area contributed by atoms with Gasteiger partial charge < -0.3 is 4.74 Å². The minimum Gasteiger partial charge on any atom is -0.371 e. The van der Waals surface area contributed by atoms with Crippen LogP contribution in [0.3, 0.4) is 0 Å². The van der Waals surface area contributed by atoms with Crippen LogP contribution in [0.5, 0.6) is 0 Å². The fraction of sp³-hybridized carbons (Fsp3) is 0.909. The molecule has 1 heterocycles. The Morgan fingerprint density at radius 1 is 1.04 bits per heavy atom. The van der Waals surface area contributed by atoms with Gasteiger partial charge in [0, 0.05) is 0 Å². The van der Waals surface area contributed by atoms with Gasteiger partial charge in [0.1, 0.15) is 0 Å². The molecule has 5 unspecified atom stereocenters.